The Labute approximate surface area is 125 Å². The highest BCUT2D eigenvalue weighted by atomic mass is 79.9. The first-order chi connectivity index (χ1) is 8.56. The van der Waals surface area contributed by atoms with Crippen molar-refractivity contribution in [1.82, 2.24) is 0 Å². The summed E-state index contributed by atoms with van der Waals surface area (Å²) in [5.74, 6) is 0. The molecule has 2 aromatic rings. The molecular weight excluding hydrogens is 333 g/mol. The molecule has 0 amide bonds. The Bertz CT molecular complexity index is 518. The van der Waals surface area contributed by atoms with E-state index in [1.807, 2.05) is 18.2 Å². The van der Waals surface area contributed by atoms with E-state index < -0.39 is 0 Å². The molecule has 1 nitrogen and oxygen atoms in total. The molecule has 0 spiro atoms. The Morgan fingerprint density at radius 3 is 2.56 bits per heavy atom. The second-order valence-electron chi connectivity index (χ2n) is 4.07. The van der Waals surface area contributed by atoms with Crippen LogP contribution in [0.3, 0.4) is 0 Å². The molecule has 18 heavy (non-hydrogen) atoms. The molecule has 0 radical (unpaired) electrons. The third-order valence-corrected chi connectivity index (χ3v) is 3.85. The second kappa shape index (κ2) is 5.96. The van der Waals surface area contributed by atoms with Gasteiger partial charge in [0.25, 0.3) is 0 Å². The minimum Gasteiger partial charge on any atom is -0.380 e. The maximum absolute atomic E-state index is 6.12. The summed E-state index contributed by atoms with van der Waals surface area (Å²) in [6, 6.07) is 11.7. The summed E-state index contributed by atoms with van der Waals surface area (Å²) in [6.07, 6.45) is 0. The minimum atomic E-state index is 0.653. The van der Waals surface area contributed by atoms with Crippen LogP contribution in [-0.4, -0.2) is 0 Å². The first kappa shape index (κ1) is 13.7. The first-order valence-electron chi connectivity index (χ1n) is 5.50. The molecule has 0 aliphatic rings. The van der Waals surface area contributed by atoms with Crippen molar-refractivity contribution in [2.75, 3.05) is 5.32 Å². The van der Waals surface area contributed by atoms with Gasteiger partial charge in [0.2, 0.25) is 0 Å². The fourth-order valence-electron chi connectivity index (χ4n) is 1.62. The molecule has 2 aromatic carbocycles. The van der Waals surface area contributed by atoms with Crippen molar-refractivity contribution in [2.24, 2.45) is 0 Å². The number of anilines is 1. The summed E-state index contributed by atoms with van der Waals surface area (Å²) >= 11 is 15.5. The lowest BCUT2D eigenvalue weighted by atomic mass is 10.2. The molecule has 1 N–H and O–H groups in total. The summed E-state index contributed by atoms with van der Waals surface area (Å²) in [5, 5.41) is 4.67. The highest BCUT2D eigenvalue weighted by Gasteiger charge is 2.03. The Balaban J connectivity index is 2.11. The zero-order chi connectivity index (χ0) is 13.1. The number of benzene rings is 2. The molecule has 0 heterocycles. The van der Waals surface area contributed by atoms with Crippen molar-refractivity contribution < 1.29 is 0 Å². The third-order valence-electron chi connectivity index (χ3n) is 2.61. The van der Waals surface area contributed by atoms with Gasteiger partial charge >= 0.3 is 0 Å². The average molecular weight is 345 g/mol. The van der Waals surface area contributed by atoms with E-state index in [9.17, 15) is 0 Å². The highest BCUT2D eigenvalue weighted by Crippen LogP contribution is 2.26. The maximum Gasteiger partial charge on any atom is 0.0487 e. The molecule has 0 fully saturated rings. The topological polar surface area (TPSA) is 12.0 Å². The molecular formula is C14H12BrCl2N. The highest BCUT2D eigenvalue weighted by molar-refractivity contribution is 9.10. The molecule has 2 rings (SSSR count). The van der Waals surface area contributed by atoms with Gasteiger partial charge in [0, 0.05) is 26.8 Å². The minimum absolute atomic E-state index is 0.653. The standard InChI is InChI=1S/C14H12BrCl2N/c1-9-2-5-14(12(15)6-9)18-8-10-3-4-11(16)7-13(10)17/h2-7,18H,8H2,1H3. The van der Waals surface area contributed by atoms with Crippen LogP contribution in [0.5, 0.6) is 0 Å². The first-order valence-corrected chi connectivity index (χ1v) is 7.05. The molecule has 0 bridgehead atoms. The largest absolute Gasteiger partial charge is 0.380 e. The van der Waals surface area contributed by atoms with Crippen LogP contribution in [0.4, 0.5) is 5.69 Å². The Morgan fingerprint density at radius 2 is 1.89 bits per heavy atom. The van der Waals surface area contributed by atoms with Crippen LogP contribution in [0.25, 0.3) is 0 Å². The van der Waals surface area contributed by atoms with Crippen LogP contribution < -0.4 is 5.32 Å². The van der Waals surface area contributed by atoms with Gasteiger partial charge in [0.1, 0.15) is 0 Å². The van der Waals surface area contributed by atoms with E-state index in [1.165, 1.54) is 5.56 Å². The summed E-state index contributed by atoms with van der Waals surface area (Å²) < 4.78 is 1.05. The van der Waals surface area contributed by atoms with E-state index in [1.54, 1.807) is 6.07 Å². The predicted molar refractivity (Wildman–Crippen MR) is 82.7 cm³/mol. The summed E-state index contributed by atoms with van der Waals surface area (Å²) in [7, 11) is 0. The van der Waals surface area contributed by atoms with Crippen LogP contribution in [0, 0.1) is 6.92 Å². The Kier molecular flexibility index (Phi) is 4.55. The van der Waals surface area contributed by atoms with Gasteiger partial charge in [0.05, 0.1) is 0 Å². The van der Waals surface area contributed by atoms with Gasteiger partial charge in [-0.25, -0.2) is 0 Å². The molecule has 0 aliphatic heterocycles. The van der Waals surface area contributed by atoms with E-state index in [4.69, 9.17) is 23.2 Å². The smallest absolute Gasteiger partial charge is 0.0487 e. The zero-order valence-corrected chi connectivity index (χ0v) is 12.9. The van der Waals surface area contributed by atoms with Gasteiger partial charge in [-0.05, 0) is 58.2 Å². The van der Waals surface area contributed by atoms with E-state index in [0.29, 0.717) is 16.6 Å². The van der Waals surface area contributed by atoms with E-state index in [2.05, 4.69) is 40.3 Å². The Hall–Kier alpha value is -0.700. The van der Waals surface area contributed by atoms with Crippen LogP contribution in [0.2, 0.25) is 10.0 Å². The summed E-state index contributed by atoms with van der Waals surface area (Å²) in [5.41, 5.74) is 3.29. The van der Waals surface area contributed by atoms with Crippen molar-refractivity contribution in [1.29, 1.82) is 0 Å². The lowest BCUT2D eigenvalue weighted by molar-refractivity contribution is 1.14. The van der Waals surface area contributed by atoms with Crippen molar-refractivity contribution in [3.8, 4) is 0 Å². The number of hydrogen-bond donors (Lipinski definition) is 1. The van der Waals surface area contributed by atoms with Gasteiger partial charge in [-0.1, -0.05) is 35.3 Å². The van der Waals surface area contributed by atoms with Crippen molar-refractivity contribution >= 4 is 44.8 Å². The van der Waals surface area contributed by atoms with Gasteiger partial charge in [-0.2, -0.15) is 0 Å². The van der Waals surface area contributed by atoms with Gasteiger partial charge in [0.15, 0.2) is 0 Å². The number of hydrogen-bond acceptors (Lipinski definition) is 1. The number of halogens is 3. The molecule has 94 valence electrons. The number of rotatable bonds is 3. The van der Waals surface area contributed by atoms with Crippen LogP contribution >= 0.6 is 39.1 Å². The van der Waals surface area contributed by atoms with Crippen LogP contribution in [-0.2, 0) is 6.54 Å². The van der Waals surface area contributed by atoms with E-state index in [-0.39, 0.29) is 0 Å². The maximum atomic E-state index is 6.12. The lowest BCUT2D eigenvalue weighted by Gasteiger charge is -2.10. The van der Waals surface area contributed by atoms with E-state index in [0.717, 1.165) is 15.7 Å². The number of aryl methyl sites for hydroxylation is 1. The molecule has 0 unspecified atom stereocenters. The fraction of sp³-hybridized carbons (Fsp3) is 0.143. The quantitative estimate of drug-likeness (QED) is 0.755. The third kappa shape index (κ3) is 3.41. The molecule has 0 atom stereocenters. The Morgan fingerprint density at radius 1 is 1.11 bits per heavy atom. The average Bonchev–Trinajstić information content (AvgIpc) is 2.30. The van der Waals surface area contributed by atoms with Gasteiger partial charge in [-0.3, -0.25) is 0 Å². The zero-order valence-electron chi connectivity index (χ0n) is 9.81. The summed E-state index contributed by atoms with van der Waals surface area (Å²) in [6.45, 7) is 2.72. The van der Waals surface area contributed by atoms with Gasteiger partial charge in [-0.15, -0.1) is 0 Å². The second-order valence-corrected chi connectivity index (χ2v) is 5.77. The lowest BCUT2D eigenvalue weighted by Crippen LogP contribution is -2.00. The number of nitrogens with one attached hydrogen (secondary N) is 1. The monoisotopic (exact) mass is 343 g/mol. The summed E-state index contributed by atoms with van der Waals surface area (Å²) in [4.78, 5) is 0. The predicted octanol–water partition coefficient (Wildman–Crippen LogP) is 5.68. The fourth-order valence-corrected chi connectivity index (χ4v) is 2.73. The molecule has 0 aliphatic carbocycles. The van der Waals surface area contributed by atoms with E-state index >= 15 is 0 Å². The van der Waals surface area contributed by atoms with Crippen molar-refractivity contribution in [2.45, 2.75) is 13.5 Å². The van der Waals surface area contributed by atoms with Gasteiger partial charge < -0.3 is 5.32 Å². The molecule has 0 aromatic heterocycles. The SMILES string of the molecule is Cc1ccc(NCc2ccc(Cl)cc2Cl)c(Br)c1. The van der Waals surface area contributed by atoms with Crippen LogP contribution in [0.1, 0.15) is 11.1 Å². The normalized spacial score (nSPS) is 10.4. The molecule has 0 saturated carbocycles. The van der Waals surface area contributed by atoms with Crippen LogP contribution in [0.15, 0.2) is 40.9 Å². The van der Waals surface area contributed by atoms with Crippen molar-refractivity contribution in [3.05, 3.63) is 62.0 Å². The molecule has 4 heteroatoms. The molecule has 0 saturated heterocycles. The van der Waals surface area contributed by atoms with Crippen molar-refractivity contribution in [3.63, 3.8) is 0 Å².